The first-order valence-electron chi connectivity index (χ1n) is 9.77. The first-order chi connectivity index (χ1) is 15.4. The van der Waals surface area contributed by atoms with Crippen molar-refractivity contribution in [3.8, 4) is 5.75 Å². The van der Waals surface area contributed by atoms with Crippen LogP contribution in [0.15, 0.2) is 84.1 Å². The molecule has 6 nitrogen and oxygen atoms in total. The van der Waals surface area contributed by atoms with Crippen LogP contribution in [0.25, 0.3) is 11.0 Å². The third-order valence-electron chi connectivity index (χ3n) is 4.71. The second-order valence-corrected chi connectivity index (χ2v) is 7.05. The molecule has 164 valence electrons. The summed E-state index contributed by atoms with van der Waals surface area (Å²) in [6.07, 6.45) is -2.98. The number of anilines is 1. The summed E-state index contributed by atoms with van der Waals surface area (Å²) in [5, 5.41) is 2.65. The van der Waals surface area contributed by atoms with Crippen LogP contribution in [-0.4, -0.2) is 21.9 Å². The normalized spacial score (nSPS) is 12.2. The first kappa shape index (κ1) is 21.2. The van der Waals surface area contributed by atoms with Crippen LogP contribution in [0.2, 0.25) is 0 Å². The minimum absolute atomic E-state index is 0.0165. The highest BCUT2D eigenvalue weighted by molar-refractivity contribution is 5.93. The van der Waals surface area contributed by atoms with Crippen molar-refractivity contribution in [3.63, 3.8) is 0 Å². The number of aromatic nitrogens is 2. The SMILES string of the molecule is NC(=NCc1ccc(Cn2cnc3ccccc32)cc1)Nc1ccccc1OC(F)(F)F. The summed E-state index contributed by atoms with van der Waals surface area (Å²) in [7, 11) is 0. The topological polar surface area (TPSA) is 77.5 Å². The second-order valence-electron chi connectivity index (χ2n) is 7.05. The van der Waals surface area contributed by atoms with Crippen LogP contribution in [0.5, 0.6) is 5.75 Å². The van der Waals surface area contributed by atoms with Gasteiger partial charge in [-0.2, -0.15) is 0 Å². The quantitative estimate of drug-likeness (QED) is 0.331. The van der Waals surface area contributed by atoms with E-state index >= 15 is 0 Å². The molecule has 0 saturated heterocycles. The number of nitrogens with zero attached hydrogens (tertiary/aromatic N) is 3. The van der Waals surface area contributed by atoms with Crippen LogP contribution in [0.1, 0.15) is 11.1 Å². The van der Waals surface area contributed by atoms with E-state index in [1.54, 1.807) is 6.07 Å². The molecule has 9 heteroatoms. The van der Waals surface area contributed by atoms with Gasteiger partial charge >= 0.3 is 6.36 Å². The maximum Gasteiger partial charge on any atom is 0.573 e. The van der Waals surface area contributed by atoms with Crippen LogP contribution >= 0.6 is 0 Å². The molecule has 0 aliphatic carbocycles. The van der Waals surface area contributed by atoms with Crippen molar-refractivity contribution in [1.29, 1.82) is 0 Å². The van der Waals surface area contributed by atoms with Crippen molar-refractivity contribution in [1.82, 2.24) is 9.55 Å². The molecule has 32 heavy (non-hydrogen) atoms. The average molecular weight is 439 g/mol. The molecular weight excluding hydrogens is 419 g/mol. The van der Waals surface area contributed by atoms with Gasteiger partial charge in [0.1, 0.15) is 0 Å². The van der Waals surface area contributed by atoms with Gasteiger partial charge in [0.05, 0.1) is 29.6 Å². The highest BCUT2D eigenvalue weighted by Crippen LogP contribution is 2.29. The molecule has 0 amide bonds. The Hall–Kier alpha value is -4.01. The number of halogens is 3. The van der Waals surface area contributed by atoms with Crippen molar-refractivity contribution >= 4 is 22.7 Å². The number of alkyl halides is 3. The van der Waals surface area contributed by atoms with Crippen molar-refractivity contribution in [2.24, 2.45) is 10.7 Å². The molecule has 0 bridgehead atoms. The van der Waals surface area contributed by atoms with Gasteiger partial charge in [-0.05, 0) is 35.4 Å². The van der Waals surface area contributed by atoms with E-state index in [4.69, 9.17) is 5.73 Å². The fraction of sp³-hybridized carbons (Fsp3) is 0.130. The lowest BCUT2D eigenvalue weighted by molar-refractivity contribution is -0.274. The van der Waals surface area contributed by atoms with Gasteiger partial charge < -0.3 is 20.4 Å². The van der Waals surface area contributed by atoms with E-state index in [0.717, 1.165) is 22.2 Å². The van der Waals surface area contributed by atoms with Gasteiger partial charge in [0.2, 0.25) is 0 Å². The molecule has 4 rings (SSSR count). The number of nitrogens with one attached hydrogen (secondary N) is 1. The molecule has 0 aliphatic heterocycles. The van der Waals surface area contributed by atoms with Crippen molar-refractivity contribution in [2.75, 3.05) is 5.32 Å². The lowest BCUT2D eigenvalue weighted by atomic mass is 10.1. The Morgan fingerprint density at radius 3 is 2.44 bits per heavy atom. The summed E-state index contributed by atoms with van der Waals surface area (Å²) >= 11 is 0. The summed E-state index contributed by atoms with van der Waals surface area (Å²) in [6, 6.07) is 21.4. The van der Waals surface area contributed by atoms with E-state index in [1.807, 2.05) is 54.9 Å². The number of para-hydroxylation sites is 4. The molecule has 0 fully saturated rings. The number of aliphatic imine (C=N–C) groups is 1. The molecule has 0 atom stereocenters. The van der Waals surface area contributed by atoms with Crippen molar-refractivity contribution in [2.45, 2.75) is 19.5 Å². The smallest absolute Gasteiger partial charge is 0.404 e. The zero-order valence-electron chi connectivity index (χ0n) is 16.9. The number of rotatable bonds is 6. The number of nitrogens with two attached hydrogens (primary N) is 1. The van der Waals surface area contributed by atoms with Crippen LogP contribution in [0.4, 0.5) is 18.9 Å². The fourth-order valence-electron chi connectivity index (χ4n) is 3.22. The lowest BCUT2D eigenvalue weighted by Crippen LogP contribution is -2.24. The monoisotopic (exact) mass is 439 g/mol. The summed E-state index contributed by atoms with van der Waals surface area (Å²) in [4.78, 5) is 8.60. The van der Waals surface area contributed by atoms with E-state index in [0.29, 0.717) is 6.54 Å². The predicted octanol–water partition coefficient (Wildman–Crippen LogP) is 4.91. The van der Waals surface area contributed by atoms with Gasteiger partial charge in [-0.1, -0.05) is 48.5 Å². The van der Waals surface area contributed by atoms with Crippen molar-refractivity contribution < 1.29 is 17.9 Å². The molecule has 0 spiro atoms. The summed E-state index contributed by atoms with van der Waals surface area (Å²) in [5.41, 5.74) is 9.95. The zero-order valence-corrected chi connectivity index (χ0v) is 16.9. The highest BCUT2D eigenvalue weighted by atomic mass is 19.4. The Morgan fingerprint density at radius 2 is 1.66 bits per heavy atom. The molecule has 4 aromatic rings. The largest absolute Gasteiger partial charge is 0.573 e. The molecule has 1 aromatic heterocycles. The maximum atomic E-state index is 12.5. The fourth-order valence-corrected chi connectivity index (χ4v) is 3.22. The van der Waals surface area contributed by atoms with E-state index in [2.05, 4.69) is 24.6 Å². The lowest BCUT2D eigenvalue weighted by Gasteiger charge is -2.14. The minimum Gasteiger partial charge on any atom is -0.404 e. The van der Waals surface area contributed by atoms with Crippen LogP contribution in [0, 0.1) is 0 Å². The summed E-state index contributed by atoms with van der Waals surface area (Å²) < 4.78 is 43.7. The predicted molar refractivity (Wildman–Crippen MR) is 117 cm³/mol. The maximum absolute atomic E-state index is 12.5. The molecule has 3 aromatic carbocycles. The number of imidazole rings is 1. The number of hydrogen-bond acceptors (Lipinski definition) is 3. The summed E-state index contributed by atoms with van der Waals surface area (Å²) in [5.74, 6) is -0.397. The molecular formula is C23H20F3N5O. The molecule has 0 aliphatic rings. The third kappa shape index (κ3) is 5.37. The Balaban J connectivity index is 1.39. The van der Waals surface area contributed by atoms with E-state index in [-0.39, 0.29) is 23.9 Å². The minimum atomic E-state index is -4.80. The molecule has 0 radical (unpaired) electrons. The standard InChI is InChI=1S/C23H20F3N5O/c24-23(25,26)32-21-8-4-2-6-19(21)30-22(27)28-13-16-9-11-17(12-10-16)14-31-15-29-18-5-1-3-7-20(18)31/h1-12,15H,13-14H2,(H3,27,28,30). The molecule has 0 saturated carbocycles. The number of guanidine groups is 1. The molecule has 3 N–H and O–H groups in total. The van der Waals surface area contributed by atoms with Crippen molar-refractivity contribution in [3.05, 3.63) is 90.3 Å². The number of benzene rings is 3. The Kier molecular flexibility index (Phi) is 5.98. The van der Waals surface area contributed by atoms with Crippen LogP contribution in [0.3, 0.4) is 0 Å². The Morgan fingerprint density at radius 1 is 0.969 bits per heavy atom. The Labute approximate surface area is 182 Å². The van der Waals surface area contributed by atoms with Gasteiger partial charge in [0.15, 0.2) is 11.7 Å². The van der Waals surface area contributed by atoms with E-state index in [9.17, 15) is 13.2 Å². The molecule has 0 unspecified atom stereocenters. The van der Waals surface area contributed by atoms with E-state index < -0.39 is 6.36 Å². The van der Waals surface area contributed by atoms with Crippen LogP contribution in [-0.2, 0) is 13.1 Å². The summed E-state index contributed by atoms with van der Waals surface area (Å²) in [6.45, 7) is 0.957. The first-order valence-corrected chi connectivity index (χ1v) is 9.77. The number of hydrogen-bond donors (Lipinski definition) is 2. The van der Waals surface area contributed by atoms with Gasteiger partial charge in [0, 0.05) is 6.54 Å². The second kappa shape index (κ2) is 9.01. The van der Waals surface area contributed by atoms with Crippen LogP contribution < -0.4 is 15.8 Å². The zero-order chi connectivity index (χ0) is 22.6. The molecule has 1 heterocycles. The number of ether oxygens (including phenoxy) is 1. The van der Waals surface area contributed by atoms with Gasteiger partial charge in [-0.25, -0.2) is 9.98 Å². The van der Waals surface area contributed by atoms with Gasteiger partial charge in [0.25, 0.3) is 0 Å². The highest BCUT2D eigenvalue weighted by Gasteiger charge is 2.32. The third-order valence-corrected chi connectivity index (χ3v) is 4.71. The number of fused-ring (bicyclic) bond motifs is 1. The average Bonchev–Trinajstić information content (AvgIpc) is 3.17. The van der Waals surface area contributed by atoms with E-state index in [1.165, 1.54) is 18.2 Å². The van der Waals surface area contributed by atoms with Gasteiger partial charge in [-0.15, -0.1) is 13.2 Å². The Bertz CT molecular complexity index is 1230. The van der Waals surface area contributed by atoms with Gasteiger partial charge in [-0.3, -0.25) is 0 Å².